The van der Waals surface area contributed by atoms with E-state index in [4.69, 9.17) is 0 Å². The Morgan fingerprint density at radius 2 is 2.09 bits per heavy atom. The molecule has 1 atom stereocenters. The van der Waals surface area contributed by atoms with Crippen molar-refractivity contribution in [2.75, 3.05) is 19.4 Å². The van der Waals surface area contributed by atoms with Crippen LogP contribution in [-0.4, -0.2) is 40.3 Å². The van der Waals surface area contributed by atoms with Crippen molar-refractivity contribution in [3.05, 3.63) is 40.7 Å². The molecule has 6 heteroatoms. The molecular formula is C17H23N5O. The highest BCUT2D eigenvalue weighted by molar-refractivity contribution is 5.93. The van der Waals surface area contributed by atoms with Crippen molar-refractivity contribution in [1.29, 1.82) is 0 Å². The smallest absolute Gasteiger partial charge is 0.227 e. The Balaban J connectivity index is 1.69. The maximum atomic E-state index is 12.6. The zero-order chi connectivity index (χ0) is 16.4. The van der Waals surface area contributed by atoms with Crippen LogP contribution in [-0.2, 0) is 24.2 Å². The van der Waals surface area contributed by atoms with E-state index >= 15 is 0 Å². The van der Waals surface area contributed by atoms with Gasteiger partial charge in [-0.25, -0.2) is 0 Å². The van der Waals surface area contributed by atoms with Gasteiger partial charge in [0.1, 0.15) is 0 Å². The topological polar surface area (TPSA) is 73.9 Å². The Labute approximate surface area is 136 Å². The fraction of sp³-hybridized carbons (Fsp3) is 0.471. The van der Waals surface area contributed by atoms with Crippen molar-refractivity contribution >= 4 is 11.6 Å². The number of nitrogens with one attached hydrogen (secondary N) is 2. The molecule has 0 saturated carbocycles. The maximum absolute atomic E-state index is 12.6. The molecule has 1 amide bonds. The molecule has 0 unspecified atom stereocenters. The van der Waals surface area contributed by atoms with Crippen LogP contribution in [0.25, 0.3) is 0 Å². The van der Waals surface area contributed by atoms with Gasteiger partial charge in [-0.2, -0.15) is 15.4 Å². The lowest BCUT2D eigenvalue weighted by atomic mass is 9.89. The van der Waals surface area contributed by atoms with E-state index in [1.807, 2.05) is 20.2 Å². The van der Waals surface area contributed by atoms with Gasteiger partial charge < -0.3 is 10.2 Å². The summed E-state index contributed by atoms with van der Waals surface area (Å²) in [4.78, 5) is 14.7. The predicted molar refractivity (Wildman–Crippen MR) is 89.1 cm³/mol. The Kier molecular flexibility index (Phi) is 4.43. The van der Waals surface area contributed by atoms with Gasteiger partial charge in [0, 0.05) is 24.6 Å². The average Bonchev–Trinajstić information content (AvgIpc) is 2.92. The van der Waals surface area contributed by atoms with Crippen LogP contribution in [0.4, 0.5) is 5.69 Å². The van der Waals surface area contributed by atoms with E-state index in [0.29, 0.717) is 6.42 Å². The first kappa shape index (κ1) is 15.7. The quantitative estimate of drug-likeness (QED) is 0.904. The molecule has 0 radical (unpaired) electrons. The number of amides is 1. The lowest BCUT2D eigenvalue weighted by Crippen LogP contribution is -2.28. The number of benzene rings is 1. The van der Waals surface area contributed by atoms with Gasteiger partial charge in [-0.15, -0.1) is 0 Å². The van der Waals surface area contributed by atoms with Crippen molar-refractivity contribution in [2.45, 2.75) is 32.7 Å². The molecule has 0 bridgehead atoms. The number of aromatic amines is 1. The van der Waals surface area contributed by atoms with Crippen molar-refractivity contribution in [3.8, 4) is 0 Å². The second-order valence-corrected chi connectivity index (χ2v) is 6.59. The lowest BCUT2D eigenvalue weighted by Gasteiger charge is -2.20. The summed E-state index contributed by atoms with van der Waals surface area (Å²) >= 11 is 0. The number of rotatable bonds is 4. The summed E-state index contributed by atoms with van der Waals surface area (Å²) in [6, 6.07) is 6.22. The van der Waals surface area contributed by atoms with Crippen LogP contribution in [0.3, 0.4) is 0 Å². The zero-order valence-corrected chi connectivity index (χ0v) is 13.9. The third-order valence-electron chi connectivity index (χ3n) is 4.15. The van der Waals surface area contributed by atoms with Gasteiger partial charge in [-0.1, -0.05) is 6.07 Å². The van der Waals surface area contributed by atoms with E-state index in [1.165, 1.54) is 5.56 Å². The largest absolute Gasteiger partial charge is 0.326 e. The first-order valence-electron chi connectivity index (χ1n) is 7.96. The molecule has 0 spiro atoms. The van der Waals surface area contributed by atoms with Crippen molar-refractivity contribution in [1.82, 2.24) is 20.3 Å². The van der Waals surface area contributed by atoms with Gasteiger partial charge in [-0.3, -0.25) is 4.79 Å². The summed E-state index contributed by atoms with van der Waals surface area (Å²) < 4.78 is 0. The van der Waals surface area contributed by atoms with Gasteiger partial charge in [0.2, 0.25) is 5.91 Å². The molecule has 23 heavy (non-hydrogen) atoms. The highest BCUT2D eigenvalue weighted by Crippen LogP contribution is 2.24. The molecule has 1 aliphatic rings. The molecule has 0 saturated heterocycles. The van der Waals surface area contributed by atoms with Crippen LogP contribution < -0.4 is 5.32 Å². The van der Waals surface area contributed by atoms with E-state index < -0.39 is 0 Å². The molecule has 1 aromatic heterocycles. The summed E-state index contributed by atoms with van der Waals surface area (Å²) in [6.07, 6.45) is 2.29. The minimum Gasteiger partial charge on any atom is -0.326 e. The number of anilines is 1. The van der Waals surface area contributed by atoms with Crippen LogP contribution in [0.2, 0.25) is 0 Å². The van der Waals surface area contributed by atoms with Crippen LogP contribution in [0.1, 0.15) is 28.9 Å². The highest BCUT2D eigenvalue weighted by Gasteiger charge is 2.27. The lowest BCUT2D eigenvalue weighted by molar-refractivity contribution is -0.120. The number of nitrogens with zero attached hydrogens (tertiary/aromatic N) is 3. The molecule has 2 N–H and O–H groups in total. The second-order valence-electron chi connectivity index (χ2n) is 6.59. The fourth-order valence-electron chi connectivity index (χ4n) is 3.14. The monoisotopic (exact) mass is 313 g/mol. The molecule has 6 nitrogen and oxygen atoms in total. The minimum atomic E-state index is -0.0367. The summed E-state index contributed by atoms with van der Waals surface area (Å²) in [6.45, 7) is 2.91. The highest BCUT2D eigenvalue weighted by atomic mass is 16.1. The fourth-order valence-corrected chi connectivity index (χ4v) is 3.14. The summed E-state index contributed by atoms with van der Waals surface area (Å²) in [5, 5.41) is 14.0. The number of carbonyl (C=O) groups is 1. The maximum Gasteiger partial charge on any atom is 0.227 e. The average molecular weight is 313 g/mol. The zero-order valence-electron chi connectivity index (χ0n) is 13.9. The number of carbonyl (C=O) groups excluding carboxylic acids is 1. The van der Waals surface area contributed by atoms with Crippen LogP contribution in [0, 0.1) is 12.8 Å². The standard InChI is InChI=1S/C17H23N5O/c1-11-6-12(10-22(2)3)8-14(7-11)18-17(23)13-4-5-15-16(9-13)20-21-19-15/h6-8,13H,4-5,9-10H2,1-3H3,(H,18,23)(H,19,20,21)/t13-/m1/s1. The molecule has 1 aliphatic carbocycles. The Morgan fingerprint density at radius 3 is 2.87 bits per heavy atom. The van der Waals surface area contributed by atoms with Crippen molar-refractivity contribution < 1.29 is 4.79 Å². The molecule has 0 fully saturated rings. The molecule has 1 aromatic carbocycles. The Morgan fingerprint density at radius 1 is 1.30 bits per heavy atom. The molecule has 122 valence electrons. The number of aryl methyl sites for hydroxylation is 2. The minimum absolute atomic E-state index is 0.0367. The van der Waals surface area contributed by atoms with Crippen LogP contribution in [0.5, 0.6) is 0 Å². The van der Waals surface area contributed by atoms with Crippen molar-refractivity contribution in [3.63, 3.8) is 0 Å². The van der Waals surface area contributed by atoms with Gasteiger partial charge in [0.05, 0.1) is 11.4 Å². The summed E-state index contributed by atoms with van der Waals surface area (Å²) in [5.41, 5.74) is 5.15. The van der Waals surface area contributed by atoms with Crippen molar-refractivity contribution in [2.24, 2.45) is 5.92 Å². The van der Waals surface area contributed by atoms with Gasteiger partial charge in [-0.05, 0) is 57.1 Å². The van der Waals surface area contributed by atoms with Crippen LogP contribution >= 0.6 is 0 Å². The van der Waals surface area contributed by atoms with E-state index in [9.17, 15) is 4.79 Å². The van der Waals surface area contributed by atoms with E-state index in [2.05, 4.69) is 44.7 Å². The van der Waals surface area contributed by atoms with Gasteiger partial charge in [0.15, 0.2) is 0 Å². The molecule has 0 aliphatic heterocycles. The van der Waals surface area contributed by atoms with E-state index in [1.54, 1.807) is 0 Å². The van der Waals surface area contributed by atoms with E-state index in [0.717, 1.165) is 42.0 Å². The number of hydrogen-bond donors (Lipinski definition) is 2. The SMILES string of the molecule is Cc1cc(CN(C)C)cc(NC(=O)[C@@H]2CCc3n[nH]nc3C2)c1. The first-order valence-corrected chi connectivity index (χ1v) is 7.96. The number of aromatic nitrogens is 3. The predicted octanol–water partition coefficient (Wildman–Crippen LogP) is 1.92. The second kappa shape index (κ2) is 6.50. The van der Waals surface area contributed by atoms with Gasteiger partial charge >= 0.3 is 0 Å². The third-order valence-corrected chi connectivity index (χ3v) is 4.15. The number of fused-ring (bicyclic) bond motifs is 1. The molecular weight excluding hydrogens is 290 g/mol. The van der Waals surface area contributed by atoms with E-state index in [-0.39, 0.29) is 11.8 Å². The van der Waals surface area contributed by atoms with Crippen LogP contribution in [0.15, 0.2) is 18.2 Å². The Hall–Kier alpha value is -2.21. The molecule has 2 aromatic rings. The first-order chi connectivity index (χ1) is 11.0. The van der Waals surface area contributed by atoms with Gasteiger partial charge in [0.25, 0.3) is 0 Å². The third kappa shape index (κ3) is 3.76. The molecule has 1 heterocycles. The molecule has 3 rings (SSSR count). The summed E-state index contributed by atoms with van der Waals surface area (Å²) in [7, 11) is 4.08. The Bertz CT molecular complexity index is 707. The summed E-state index contributed by atoms with van der Waals surface area (Å²) in [5.74, 6) is 0.0328. The number of hydrogen-bond acceptors (Lipinski definition) is 4. The normalized spacial score (nSPS) is 17.1. The number of H-pyrrole nitrogens is 1.